The van der Waals surface area contributed by atoms with E-state index in [0.29, 0.717) is 11.8 Å². The fourth-order valence-electron chi connectivity index (χ4n) is 4.91. The Kier molecular flexibility index (Phi) is 1.74. The molecule has 3 nitrogen and oxygen atoms in total. The largest absolute Gasteiger partial charge is 0.274 e. The second kappa shape index (κ2) is 3.22. The van der Waals surface area contributed by atoms with Crippen LogP contribution < -0.4 is 4.90 Å². The smallest absolute Gasteiger partial charge is 0.238 e. The summed E-state index contributed by atoms with van der Waals surface area (Å²) in [5, 5.41) is 0. The van der Waals surface area contributed by atoms with Gasteiger partial charge in [0.05, 0.1) is 17.5 Å². The standard InChI is InChI=1S/C17H15NO2/c19-15-13-11-6-7-12(17(11)8-9-17)14(13)16(20)18(15)10-4-2-1-3-5-10/h1-7,11-14H,8-9H2/t11-,12+,13+,14-. The van der Waals surface area contributed by atoms with Gasteiger partial charge in [0.2, 0.25) is 11.8 Å². The number of allylic oxidation sites excluding steroid dienone is 2. The topological polar surface area (TPSA) is 37.4 Å². The van der Waals surface area contributed by atoms with Gasteiger partial charge in [0.25, 0.3) is 0 Å². The summed E-state index contributed by atoms with van der Waals surface area (Å²) in [6, 6.07) is 9.34. The predicted molar refractivity (Wildman–Crippen MR) is 73.7 cm³/mol. The van der Waals surface area contributed by atoms with E-state index >= 15 is 0 Å². The first-order chi connectivity index (χ1) is 9.74. The van der Waals surface area contributed by atoms with Crippen molar-refractivity contribution in [1.82, 2.24) is 0 Å². The maximum Gasteiger partial charge on any atom is 0.238 e. The van der Waals surface area contributed by atoms with Crippen LogP contribution in [0.3, 0.4) is 0 Å². The molecule has 1 heterocycles. The minimum absolute atomic E-state index is 0.0225. The molecule has 20 heavy (non-hydrogen) atoms. The molecule has 1 aliphatic heterocycles. The van der Waals surface area contributed by atoms with Gasteiger partial charge in [-0.15, -0.1) is 0 Å². The number of hydrogen-bond donors (Lipinski definition) is 0. The molecular weight excluding hydrogens is 250 g/mol. The minimum Gasteiger partial charge on any atom is -0.274 e. The Bertz CT molecular complexity index is 625. The molecule has 100 valence electrons. The summed E-state index contributed by atoms with van der Waals surface area (Å²) in [6.07, 6.45) is 6.79. The van der Waals surface area contributed by atoms with Crippen LogP contribution in [-0.2, 0) is 9.59 Å². The van der Waals surface area contributed by atoms with Crippen molar-refractivity contribution >= 4 is 17.5 Å². The lowest BCUT2D eigenvalue weighted by Crippen LogP contribution is -2.34. The third-order valence-electron chi connectivity index (χ3n) is 5.87. The maximum absolute atomic E-state index is 12.8. The third kappa shape index (κ3) is 1.02. The van der Waals surface area contributed by atoms with Crippen molar-refractivity contribution in [2.75, 3.05) is 4.90 Å². The molecule has 3 heteroatoms. The van der Waals surface area contributed by atoms with E-state index in [1.807, 2.05) is 30.3 Å². The second-order valence-electron chi connectivity index (χ2n) is 6.57. The Morgan fingerprint density at radius 1 is 0.900 bits per heavy atom. The van der Waals surface area contributed by atoms with Crippen LogP contribution >= 0.6 is 0 Å². The molecule has 1 spiro atoms. The maximum atomic E-state index is 12.8. The van der Waals surface area contributed by atoms with Crippen LogP contribution in [0.15, 0.2) is 42.5 Å². The Balaban J connectivity index is 1.60. The Morgan fingerprint density at radius 2 is 1.45 bits per heavy atom. The number of anilines is 1. The average Bonchev–Trinajstić information content (AvgIpc) is 3.06. The molecule has 0 unspecified atom stereocenters. The molecule has 1 aromatic rings. The number of nitrogens with zero attached hydrogens (tertiary/aromatic N) is 1. The van der Waals surface area contributed by atoms with Crippen LogP contribution in [0.1, 0.15) is 12.8 Å². The van der Waals surface area contributed by atoms with Gasteiger partial charge in [-0.2, -0.15) is 0 Å². The molecule has 4 atom stereocenters. The Labute approximate surface area is 117 Å². The number of imide groups is 1. The monoisotopic (exact) mass is 265 g/mol. The van der Waals surface area contributed by atoms with E-state index in [9.17, 15) is 9.59 Å². The molecule has 4 aliphatic rings. The molecule has 5 rings (SSSR count). The summed E-state index contributed by atoms with van der Waals surface area (Å²) >= 11 is 0. The molecule has 2 bridgehead atoms. The third-order valence-corrected chi connectivity index (χ3v) is 5.87. The van der Waals surface area contributed by atoms with Gasteiger partial charge in [-0.05, 0) is 42.2 Å². The van der Waals surface area contributed by atoms with Crippen molar-refractivity contribution in [3.05, 3.63) is 42.5 Å². The lowest BCUT2D eigenvalue weighted by Gasteiger charge is -2.21. The van der Waals surface area contributed by atoms with Crippen molar-refractivity contribution in [2.45, 2.75) is 12.8 Å². The van der Waals surface area contributed by atoms with E-state index in [2.05, 4.69) is 12.2 Å². The van der Waals surface area contributed by atoms with Gasteiger partial charge in [-0.25, -0.2) is 0 Å². The highest BCUT2D eigenvalue weighted by Gasteiger charge is 2.73. The Morgan fingerprint density at radius 3 is 1.95 bits per heavy atom. The SMILES string of the molecule is O=C1[C@@H]2[C@H](C(=O)N1c1ccccc1)[C@@H]1C=C[C@H]2C12CC2. The number of para-hydroxylation sites is 1. The predicted octanol–water partition coefficient (Wildman–Crippen LogP) is 2.39. The van der Waals surface area contributed by atoms with E-state index in [0.717, 1.165) is 5.69 Å². The number of rotatable bonds is 1. The molecule has 0 N–H and O–H groups in total. The molecule has 1 saturated heterocycles. The minimum atomic E-state index is -0.0970. The van der Waals surface area contributed by atoms with Gasteiger partial charge in [0.1, 0.15) is 0 Å². The normalized spacial score (nSPS) is 38.9. The van der Waals surface area contributed by atoms with Crippen LogP contribution in [-0.4, -0.2) is 11.8 Å². The number of carbonyl (C=O) groups is 2. The van der Waals surface area contributed by atoms with Crippen molar-refractivity contribution in [2.24, 2.45) is 29.1 Å². The summed E-state index contributed by atoms with van der Waals surface area (Å²) < 4.78 is 0. The molecule has 3 aliphatic carbocycles. The van der Waals surface area contributed by atoms with Crippen molar-refractivity contribution < 1.29 is 9.59 Å². The highest BCUT2D eigenvalue weighted by molar-refractivity contribution is 6.23. The summed E-state index contributed by atoms with van der Waals surface area (Å²) in [7, 11) is 0. The van der Waals surface area contributed by atoms with Gasteiger partial charge >= 0.3 is 0 Å². The molecule has 2 amide bonds. The van der Waals surface area contributed by atoms with Crippen molar-refractivity contribution in [3.8, 4) is 0 Å². The first-order valence-electron chi connectivity index (χ1n) is 7.35. The van der Waals surface area contributed by atoms with Gasteiger partial charge in [0, 0.05) is 0 Å². The zero-order valence-corrected chi connectivity index (χ0v) is 11.0. The van der Waals surface area contributed by atoms with E-state index < -0.39 is 0 Å². The lowest BCUT2D eigenvalue weighted by atomic mass is 9.85. The number of fused-ring (bicyclic) bond motifs is 3. The van der Waals surface area contributed by atoms with E-state index in [4.69, 9.17) is 0 Å². The summed E-state index contributed by atoms with van der Waals surface area (Å²) in [6.45, 7) is 0. The van der Waals surface area contributed by atoms with Crippen molar-refractivity contribution in [3.63, 3.8) is 0 Å². The number of hydrogen-bond acceptors (Lipinski definition) is 2. The van der Waals surface area contributed by atoms with E-state index in [1.54, 1.807) is 0 Å². The quantitative estimate of drug-likeness (QED) is 0.577. The summed E-state index contributed by atoms with van der Waals surface area (Å²) in [4.78, 5) is 27.0. The van der Waals surface area contributed by atoms with Crippen LogP contribution in [0, 0.1) is 29.1 Å². The first kappa shape index (κ1) is 10.8. The summed E-state index contributed by atoms with van der Waals surface area (Å²) in [5.41, 5.74) is 1.00. The number of carbonyl (C=O) groups excluding carboxylic acids is 2. The zero-order valence-electron chi connectivity index (χ0n) is 11.0. The van der Waals surface area contributed by atoms with Gasteiger partial charge in [-0.3, -0.25) is 14.5 Å². The van der Waals surface area contributed by atoms with E-state index in [-0.39, 0.29) is 29.1 Å². The van der Waals surface area contributed by atoms with Crippen LogP contribution in [0.5, 0.6) is 0 Å². The molecular formula is C17H15NO2. The van der Waals surface area contributed by atoms with Crippen molar-refractivity contribution in [1.29, 1.82) is 0 Å². The average molecular weight is 265 g/mol. The van der Waals surface area contributed by atoms with Gasteiger partial charge < -0.3 is 0 Å². The van der Waals surface area contributed by atoms with E-state index in [1.165, 1.54) is 17.7 Å². The van der Waals surface area contributed by atoms with Crippen LogP contribution in [0.25, 0.3) is 0 Å². The fraction of sp³-hybridized carbons (Fsp3) is 0.412. The van der Waals surface area contributed by atoms with Gasteiger partial charge in [0.15, 0.2) is 0 Å². The molecule has 0 radical (unpaired) electrons. The zero-order chi connectivity index (χ0) is 13.5. The molecule has 0 aromatic heterocycles. The second-order valence-corrected chi connectivity index (χ2v) is 6.57. The highest BCUT2D eigenvalue weighted by atomic mass is 16.2. The molecule has 3 fully saturated rings. The Hall–Kier alpha value is -1.90. The number of benzene rings is 1. The molecule has 2 saturated carbocycles. The van der Waals surface area contributed by atoms with Gasteiger partial charge in [-0.1, -0.05) is 30.4 Å². The fourth-order valence-corrected chi connectivity index (χ4v) is 4.91. The lowest BCUT2D eigenvalue weighted by molar-refractivity contribution is -0.123. The van der Waals surface area contributed by atoms with Crippen LogP contribution in [0.2, 0.25) is 0 Å². The highest BCUT2D eigenvalue weighted by Crippen LogP contribution is 2.73. The number of amides is 2. The summed E-state index contributed by atoms with van der Waals surface area (Å²) in [5.74, 6) is 0.467. The van der Waals surface area contributed by atoms with Crippen LogP contribution in [0.4, 0.5) is 5.69 Å². The molecule has 1 aromatic carbocycles. The first-order valence-corrected chi connectivity index (χ1v) is 7.35.